The lowest BCUT2D eigenvalue weighted by Crippen LogP contribution is -2.53. The van der Waals surface area contributed by atoms with Crippen LogP contribution in [-0.2, 0) is 11.3 Å². The molecule has 2 amide bonds. The predicted octanol–water partition coefficient (Wildman–Crippen LogP) is 4.06. The number of amides is 2. The molecule has 1 aromatic heterocycles. The minimum atomic E-state index is -1.25. The van der Waals surface area contributed by atoms with Crippen LogP contribution in [0.4, 0.5) is 10.1 Å². The van der Waals surface area contributed by atoms with Crippen LogP contribution in [0.5, 0.6) is 11.6 Å². The highest BCUT2D eigenvalue weighted by molar-refractivity contribution is 5.94. The van der Waals surface area contributed by atoms with E-state index in [-0.39, 0.29) is 60.4 Å². The molecule has 0 spiro atoms. The number of nitrogen functional groups attached to an aromatic ring is 1. The summed E-state index contributed by atoms with van der Waals surface area (Å²) in [7, 11) is 0. The van der Waals surface area contributed by atoms with E-state index in [1.807, 2.05) is 53.4 Å². The lowest BCUT2D eigenvalue weighted by atomic mass is 9.79. The molecule has 238 valence electrons. The van der Waals surface area contributed by atoms with Crippen molar-refractivity contribution in [3.63, 3.8) is 0 Å². The van der Waals surface area contributed by atoms with Crippen LogP contribution in [0.2, 0.25) is 0 Å². The number of carbonyl (C=O) groups is 2. The fourth-order valence-electron chi connectivity index (χ4n) is 6.38. The molecule has 0 radical (unpaired) electrons. The summed E-state index contributed by atoms with van der Waals surface area (Å²) in [5.41, 5.74) is 5.61. The van der Waals surface area contributed by atoms with Crippen LogP contribution in [0.15, 0.2) is 96.1 Å². The molecule has 2 saturated heterocycles. The maximum Gasteiger partial charge on any atom is 0.280 e. The molecule has 0 bridgehead atoms. The quantitative estimate of drug-likeness (QED) is 0.317. The Kier molecular flexibility index (Phi) is 8.85. The van der Waals surface area contributed by atoms with Gasteiger partial charge in [0.05, 0.1) is 12.1 Å². The second kappa shape index (κ2) is 13.1. The number of halogens is 1. The van der Waals surface area contributed by atoms with E-state index >= 15 is 0 Å². The number of carbonyl (C=O) groups excluding carboxylic acids is 2. The monoisotopic (exact) mass is 625 g/mol. The smallest absolute Gasteiger partial charge is 0.280 e. The van der Waals surface area contributed by atoms with Crippen molar-refractivity contribution in [1.29, 1.82) is 0 Å². The first-order valence-electron chi connectivity index (χ1n) is 15.4. The molecule has 46 heavy (non-hydrogen) atoms. The Bertz CT molecular complexity index is 1740. The van der Waals surface area contributed by atoms with Gasteiger partial charge in [-0.1, -0.05) is 48.5 Å². The van der Waals surface area contributed by atoms with Crippen LogP contribution in [-0.4, -0.2) is 68.1 Å². The maximum absolute atomic E-state index is 14.0. The van der Waals surface area contributed by atoms with Crippen molar-refractivity contribution in [2.24, 2.45) is 5.92 Å². The second-order valence-corrected chi connectivity index (χ2v) is 12.0. The number of rotatable bonds is 7. The van der Waals surface area contributed by atoms with Crippen LogP contribution < -0.4 is 16.0 Å². The topological polar surface area (TPSA) is 131 Å². The number of hydrogen-bond donors (Lipinski definition) is 2. The maximum atomic E-state index is 14.0. The molecule has 2 fully saturated rings. The molecule has 0 aliphatic carbocycles. The molecule has 2 aliphatic rings. The van der Waals surface area contributed by atoms with Crippen molar-refractivity contribution < 1.29 is 23.8 Å². The summed E-state index contributed by atoms with van der Waals surface area (Å²) >= 11 is 0. The van der Waals surface area contributed by atoms with Gasteiger partial charge in [-0.05, 0) is 61.2 Å². The van der Waals surface area contributed by atoms with E-state index in [1.165, 1.54) is 35.2 Å². The third-order valence-electron chi connectivity index (χ3n) is 9.00. The van der Waals surface area contributed by atoms with Gasteiger partial charge in [0.25, 0.3) is 11.5 Å². The molecule has 0 unspecified atom stereocenters. The number of ether oxygens (including phenoxy) is 1. The Labute approximate surface area is 265 Å². The van der Waals surface area contributed by atoms with Crippen molar-refractivity contribution in [3.8, 4) is 11.6 Å². The lowest BCUT2D eigenvalue weighted by Gasteiger charge is -2.43. The Balaban J connectivity index is 1.11. The molecule has 2 aliphatic heterocycles. The van der Waals surface area contributed by atoms with E-state index in [0.717, 1.165) is 5.56 Å². The van der Waals surface area contributed by atoms with Gasteiger partial charge in [0, 0.05) is 43.6 Å². The zero-order valence-corrected chi connectivity index (χ0v) is 25.3. The first-order valence-corrected chi connectivity index (χ1v) is 15.4. The van der Waals surface area contributed by atoms with Gasteiger partial charge >= 0.3 is 0 Å². The first-order chi connectivity index (χ1) is 22.2. The number of nitrogens with two attached hydrogens (primary N) is 1. The highest BCUT2D eigenvalue weighted by Crippen LogP contribution is 2.36. The van der Waals surface area contributed by atoms with Gasteiger partial charge in [-0.15, -0.1) is 0 Å². The summed E-state index contributed by atoms with van der Waals surface area (Å²) in [6.07, 6.45) is 2.33. The first kappa shape index (κ1) is 31.0. The summed E-state index contributed by atoms with van der Waals surface area (Å²) in [5.74, 6) is -0.778. The number of aliphatic hydroxyl groups is 1. The number of aromatic nitrogens is 2. The minimum Gasteiger partial charge on any atom is -0.437 e. The van der Waals surface area contributed by atoms with E-state index in [9.17, 15) is 23.9 Å². The van der Waals surface area contributed by atoms with Crippen LogP contribution in [0.1, 0.15) is 41.1 Å². The third-order valence-corrected chi connectivity index (χ3v) is 9.00. The van der Waals surface area contributed by atoms with Crippen molar-refractivity contribution in [1.82, 2.24) is 19.4 Å². The van der Waals surface area contributed by atoms with Gasteiger partial charge in [-0.2, -0.15) is 0 Å². The van der Waals surface area contributed by atoms with Crippen molar-refractivity contribution >= 4 is 17.5 Å². The normalized spacial score (nSPS) is 19.4. The molecule has 10 nitrogen and oxygen atoms in total. The van der Waals surface area contributed by atoms with Crippen molar-refractivity contribution in [2.45, 2.75) is 37.3 Å². The predicted molar refractivity (Wildman–Crippen MR) is 170 cm³/mol. The summed E-state index contributed by atoms with van der Waals surface area (Å²) in [6.45, 7) is 1.51. The average Bonchev–Trinajstić information content (AvgIpc) is 3.09. The zero-order chi connectivity index (χ0) is 32.3. The van der Waals surface area contributed by atoms with Gasteiger partial charge in [-0.3, -0.25) is 19.0 Å². The molecule has 3 N–H and O–H groups in total. The molecule has 3 aromatic carbocycles. The Morgan fingerprint density at radius 1 is 0.935 bits per heavy atom. The Hall–Kier alpha value is -5.03. The fraction of sp³-hybridized carbons (Fsp3) is 0.314. The molecule has 3 heterocycles. The number of nitrogens with zero attached hydrogens (tertiary/aromatic N) is 4. The molecule has 11 heteroatoms. The fourth-order valence-corrected chi connectivity index (χ4v) is 6.38. The van der Waals surface area contributed by atoms with Gasteiger partial charge in [0.1, 0.15) is 17.9 Å². The van der Waals surface area contributed by atoms with E-state index in [0.29, 0.717) is 38.2 Å². The largest absolute Gasteiger partial charge is 0.437 e. The van der Waals surface area contributed by atoms with Gasteiger partial charge < -0.3 is 25.4 Å². The average molecular weight is 626 g/mol. The zero-order valence-electron chi connectivity index (χ0n) is 25.3. The van der Waals surface area contributed by atoms with Crippen LogP contribution in [0.25, 0.3) is 0 Å². The molecule has 6 rings (SSSR count). The number of anilines is 1. The number of piperidine rings is 2. The third kappa shape index (κ3) is 6.64. The van der Waals surface area contributed by atoms with E-state index < -0.39 is 17.0 Å². The number of hydrogen-bond acceptors (Lipinski definition) is 7. The summed E-state index contributed by atoms with van der Waals surface area (Å²) in [4.78, 5) is 48.1. The number of benzene rings is 3. The highest BCUT2D eigenvalue weighted by Gasteiger charge is 2.41. The van der Waals surface area contributed by atoms with Crippen LogP contribution in [0.3, 0.4) is 0 Å². The summed E-state index contributed by atoms with van der Waals surface area (Å²) in [6, 6.07) is 24.2. The van der Waals surface area contributed by atoms with Crippen LogP contribution >= 0.6 is 0 Å². The van der Waals surface area contributed by atoms with Crippen molar-refractivity contribution in [2.75, 3.05) is 31.9 Å². The second-order valence-electron chi connectivity index (χ2n) is 12.0. The van der Waals surface area contributed by atoms with Crippen molar-refractivity contribution in [3.05, 3.63) is 119 Å². The SMILES string of the molecule is Nc1c(Oc2ccc(F)cc2)ncn(CC2(O)CCN(C(=O)[C@@H]3CCN(C(=O)c4ccccc4)C[C@H]3c3ccccc3)CC2)c1=O. The highest BCUT2D eigenvalue weighted by atomic mass is 19.1. The van der Waals surface area contributed by atoms with E-state index in [1.54, 1.807) is 17.0 Å². The van der Waals surface area contributed by atoms with E-state index in [2.05, 4.69) is 4.98 Å². The molecule has 4 aromatic rings. The molecule has 2 atom stereocenters. The molecular formula is C35H36FN5O5. The minimum absolute atomic E-state index is 0.00749. The van der Waals surface area contributed by atoms with E-state index in [4.69, 9.17) is 10.5 Å². The van der Waals surface area contributed by atoms with Crippen LogP contribution in [0, 0.1) is 11.7 Å². The molecular weight excluding hydrogens is 589 g/mol. The Morgan fingerprint density at radius 3 is 2.26 bits per heavy atom. The van der Waals surface area contributed by atoms with Gasteiger partial charge in [-0.25, -0.2) is 9.37 Å². The Morgan fingerprint density at radius 2 is 1.59 bits per heavy atom. The molecule has 0 saturated carbocycles. The summed E-state index contributed by atoms with van der Waals surface area (Å²) < 4.78 is 20.0. The van der Waals surface area contributed by atoms with Gasteiger partial charge in [0.15, 0.2) is 5.69 Å². The standard InChI is InChI=1S/C35H36FN5O5/c36-26-11-13-27(14-12-26)46-31-30(37)34(44)41(23-38-31)22-35(45)16-19-39(20-17-35)33(43)28-15-18-40(32(42)25-9-5-2-6-10-25)21-29(28)24-7-3-1-4-8-24/h1-14,23,28-29,45H,15-22,37H2/t28-,29+/m1/s1. The number of likely N-dealkylation sites (tertiary alicyclic amines) is 2. The summed E-state index contributed by atoms with van der Waals surface area (Å²) in [5, 5.41) is 11.4. The van der Waals surface area contributed by atoms with Gasteiger partial charge in [0.2, 0.25) is 11.8 Å². The lowest BCUT2D eigenvalue weighted by molar-refractivity contribution is -0.142.